The first-order valence-electron chi connectivity index (χ1n) is 22.4. The number of hydrogen-bond acceptors (Lipinski definition) is 13. The summed E-state index contributed by atoms with van der Waals surface area (Å²) in [5.41, 5.74) is 5.38. The molecule has 0 aliphatic carbocycles. The minimum Gasteiger partial charge on any atom is -0.850 e. The van der Waals surface area contributed by atoms with Gasteiger partial charge in [-0.1, -0.05) is 152 Å². The van der Waals surface area contributed by atoms with Crippen LogP contribution in [0.15, 0.2) is 25.0 Å². The first kappa shape index (κ1) is 70.3. The average Bonchev–Trinajstić information content (AvgIpc) is 3.20. The predicted molar refractivity (Wildman–Crippen MR) is 239 cm³/mol. The fraction of sp³-hybridized carbons (Fsp3) is 0.891. The van der Waals surface area contributed by atoms with Crippen molar-refractivity contribution in [1.82, 2.24) is 5.32 Å². The normalized spacial score (nSPS) is 25.5. The minimum atomic E-state index is -5.12. The standard InChI is InChI=1S/C21H36F3NO6.C19H37NO5.C4H9O.2CH4.K/c1-3-5-6-7-8-9-10-11-13-29-18-16(25-20(28)21(22,23)24)19(30-12-4-2)31-15(14-26)17(18)27;1-3-5-6-7-8-9-10-11-13-23-18-16(20)19(24-12-4-2)25-15(14-21)17(18)22;1-4(2,3)5;;;/h4,15-19,26-27H,2-3,5-14H2,1H3,(H,25,28);4,12,15-19,21-22H,3,5-11,13-14,20H2,1-2H3;1-3H3;2*1H4;/q;;-1;;;+1/b;12-4-;;;;/t2*15-,16-,17-,18-,19+;;;;/m11..../s1. The third kappa shape index (κ3) is 32.5. The van der Waals surface area contributed by atoms with E-state index >= 15 is 0 Å². The summed E-state index contributed by atoms with van der Waals surface area (Å²) in [5.74, 6) is -2.19. The van der Waals surface area contributed by atoms with Crippen LogP contribution in [0.1, 0.15) is 159 Å². The third-order valence-corrected chi connectivity index (χ3v) is 9.65. The van der Waals surface area contributed by atoms with Crippen LogP contribution in [-0.4, -0.2) is 132 Å². The van der Waals surface area contributed by atoms with E-state index in [-0.39, 0.29) is 86.1 Å². The summed E-state index contributed by atoms with van der Waals surface area (Å²) in [6.07, 6.45) is 9.43. The second-order valence-electron chi connectivity index (χ2n) is 16.5. The molecule has 2 fully saturated rings. The van der Waals surface area contributed by atoms with Crippen molar-refractivity contribution in [3.05, 3.63) is 25.0 Å². The Morgan fingerprint density at radius 1 is 0.750 bits per heavy atom. The molecule has 10 atom stereocenters. The number of rotatable bonds is 28. The SMILES string of the molecule is C.C.C/C=C\O[C@H]1O[C@H](CO)[C@@H](O)[C@H](OCCCCCCCCCC)[C@H]1N.C=CCO[C@H]1O[C@H](CO)[C@@H](O)[C@H](OCCCCCCCCCC)[C@H]1NC(=O)C(F)(F)F.CC(C)(C)[O-].[K+]. The second-order valence-corrected chi connectivity index (χ2v) is 16.5. The third-order valence-electron chi connectivity index (χ3n) is 9.65. The Bertz CT molecular complexity index is 1120. The number of halogens is 3. The molecule has 0 unspecified atom stereocenters. The minimum absolute atomic E-state index is 0. The van der Waals surface area contributed by atoms with Crippen molar-refractivity contribution >= 4 is 5.91 Å². The van der Waals surface area contributed by atoms with Gasteiger partial charge in [0.2, 0.25) is 6.29 Å². The molecule has 2 rings (SSSR count). The van der Waals surface area contributed by atoms with Gasteiger partial charge in [0.25, 0.3) is 0 Å². The van der Waals surface area contributed by atoms with E-state index in [4.69, 9.17) is 34.2 Å². The van der Waals surface area contributed by atoms with E-state index in [9.17, 15) is 43.5 Å². The monoisotopic (exact) mass is 959 g/mol. The van der Waals surface area contributed by atoms with Gasteiger partial charge in [0.05, 0.1) is 32.1 Å². The molecule has 14 nitrogen and oxygen atoms in total. The summed E-state index contributed by atoms with van der Waals surface area (Å²) in [6, 6.07) is -2.02. The van der Waals surface area contributed by atoms with Gasteiger partial charge in [-0.25, -0.2) is 0 Å². The molecule has 18 heteroatoms. The van der Waals surface area contributed by atoms with Gasteiger partial charge >= 0.3 is 63.5 Å². The number of alkyl halides is 3. The second kappa shape index (κ2) is 41.7. The number of unbranched alkanes of at least 4 members (excludes halogenated alkanes) is 14. The number of ether oxygens (including phenoxy) is 6. The quantitative estimate of drug-likeness (QED) is 0.0286. The number of carbonyl (C=O) groups excluding carboxylic acids is 1. The molecule has 2 aliphatic rings. The van der Waals surface area contributed by atoms with Gasteiger partial charge in [0, 0.05) is 13.2 Å². The number of aliphatic hydroxyl groups is 4. The van der Waals surface area contributed by atoms with E-state index in [1.165, 1.54) is 76.5 Å². The first-order valence-corrected chi connectivity index (χ1v) is 22.4. The molecule has 2 aliphatic heterocycles. The topological polar surface area (TPSA) is 214 Å². The van der Waals surface area contributed by atoms with Crippen LogP contribution in [0.3, 0.4) is 0 Å². The van der Waals surface area contributed by atoms with Crippen LogP contribution in [0.25, 0.3) is 0 Å². The zero-order valence-corrected chi connectivity index (χ0v) is 42.0. The molecule has 378 valence electrons. The Hall–Kier alpha value is -0.264. The number of carbonyl (C=O) groups is 1. The molecule has 1 amide bonds. The zero-order chi connectivity index (χ0) is 46.3. The average molecular weight is 959 g/mol. The molecule has 0 saturated carbocycles. The Morgan fingerprint density at radius 3 is 1.53 bits per heavy atom. The van der Waals surface area contributed by atoms with Crippen molar-refractivity contribution < 1.29 is 123 Å². The molecule has 64 heavy (non-hydrogen) atoms. The molecule has 0 aromatic rings. The van der Waals surface area contributed by atoms with Crippen molar-refractivity contribution in [3.8, 4) is 0 Å². The van der Waals surface area contributed by atoms with Crippen molar-refractivity contribution in [2.45, 2.75) is 232 Å². The van der Waals surface area contributed by atoms with Gasteiger partial charge in [-0.2, -0.15) is 13.2 Å². The molecular weight excluding hydrogens is 869 g/mol. The van der Waals surface area contributed by atoms with Crippen LogP contribution in [0.4, 0.5) is 13.2 Å². The van der Waals surface area contributed by atoms with E-state index in [0.717, 1.165) is 32.1 Å². The molecule has 7 N–H and O–H groups in total. The maximum Gasteiger partial charge on any atom is 1.00 e. The van der Waals surface area contributed by atoms with Crippen LogP contribution < -0.4 is 67.5 Å². The maximum atomic E-state index is 12.8. The van der Waals surface area contributed by atoms with Crippen molar-refractivity contribution in [2.75, 3.05) is 33.0 Å². The van der Waals surface area contributed by atoms with E-state index in [2.05, 4.69) is 20.4 Å². The summed E-state index contributed by atoms with van der Waals surface area (Å²) in [5, 5.41) is 51.5. The van der Waals surface area contributed by atoms with Gasteiger partial charge < -0.3 is 65.0 Å². The largest absolute Gasteiger partial charge is 1.00 e. The fourth-order valence-electron chi connectivity index (χ4n) is 6.45. The van der Waals surface area contributed by atoms with Crippen LogP contribution >= 0.6 is 0 Å². The fourth-order valence-corrected chi connectivity index (χ4v) is 6.45. The molecule has 0 aromatic heterocycles. The summed E-state index contributed by atoms with van der Waals surface area (Å²) in [6.45, 7) is 14.3. The van der Waals surface area contributed by atoms with Crippen LogP contribution in [0.2, 0.25) is 0 Å². The molecule has 0 radical (unpaired) electrons. The van der Waals surface area contributed by atoms with E-state index < -0.39 is 85.6 Å². The number of nitrogens with two attached hydrogens (primary N) is 1. The van der Waals surface area contributed by atoms with Gasteiger partial charge in [-0.3, -0.25) is 4.79 Å². The first-order chi connectivity index (χ1) is 28.9. The van der Waals surface area contributed by atoms with E-state index in [1.807, 2.05) is 12.2 Å². The molecule has 0 spiro atoms. The Balaban J connectivity index is -0.000000494. The zero-order valence-electron chi connectivity index (χ0n) is 38.8. The molecule has 2 saturated heterocycles. The van der Waals surface area contributed by atoms with Gasteiger partial charge in [0.1, 0.15) is 42.7 Å². The summed E-state index contributed by atoms with van der Waals surface area (Å²) < 4.78 is 71.5. The van der Waals surface area contributed by atoms with Gasteiger partial charge in [0.15, 0.2) is 6.29 Å². The smallest absolute Gasteiger partial charge is 0.850 e. The van der Waals surface area contributed by atoms with Crippen molar-refractivity contribution in [1.29, 1.82) is 0 Å². The Morgan fingerprint density at radius 2 is 1.14 bits per heavy atom. The van der Waals surface area contributed by atoms with Crippen molar-refractivity contribution in [3.63, 3.8) is 0 Å². The van der Waals surface area contributed by atoms with Crippen LogP contribution in [0.5, 0.6) is 0 Å². The van der Waals surface area contributed by atoms with Crippen LogP contribution in [-0.2, 0) is 33.2 Å². The summed E-state index contributed by atoms with van der Waals surface area (Å²) in [4.78, 5) is 11.5. The Labute approximate surface area is 427 Å². The number of nitrogens with one attached hydrogen (secondary N) is 1. The van der Waals surface area contributed by atoms with Gasteiger partial charge in [-0.05, 0) is 19.8 Å². The Kier molecular flexibility index (Phi) is 45.8. The molecule has 0 aromatic carbocycles. The summed E-state index contributed by atoms with van der Waals surface area (Å²) in [7, 11) is 0. The molecular formula is C46H90F3KN2O12. The molecule has 0 bridgehead atoms. The van der Waals surface area contributed by atoms with Gasteiger partial charge in [-0.15, -0.1) is 12.2 Å². The predicted octanol–water partition coefficient (Wildman–Crippen LogP) is 3.73. The number of aliphatic hydroxyl groups excluding tert-OH is 4. The maximum absolute atomic E-state index is 12.8. The van der Waals surface area contributed by atoms with E-state index in [1.54, 1.807) is 26.8 Å². The van der Waals surface area contributed by atoms with Crippen LogP contribution in [0, 0.1) is 0 Å². The number of hydrogen-bond donors (Lipinski definition) is 6. The van der Waals surface area contributed by atoms with Crippen molar-refractivity contribution in [2.24, 2.45) is 5.73 Å². The number of allylic oxidation sites excluding steroid dienone is 1. The molecule has 2 heterocycles. The number of amides is 1. The van der Waals surface area contributed by atoms with E-state index in [0.29, 0.717) is 13.0 Å². The summed E-state index contributed by atoms with van der Waals surface area (Å²) >= 11 is 0.